The van der Waals surface area contributed by atoms with E-state index in [1.54, 1.807) is 0 Å². The number of ketones is 2. The number of benzene rings is 10. The molecule has 10 aromatic carbocycles. The fraction of sp³-hybridized carbons (Fsp3) is 0. The molecule has 2 aliphatic rings. The van der Waals surface area contributed by atoms with Gasteiger partial charge in [-0.25, -0.2) is 0 Å². The Kier molecular flexibility index (Phi) is 11.9. The van der Waals surface area contributed by atoms with Crippen LogP contribution >= 0.6 is 0 Å². The molecule has 0 bridgehead atoms. The van der Waals surface area contributed by atoms with Crippen molar-refractivity contribution in [1.29, 1.82) is 0 Å². The topological polar surface area (TPSA) is 43.4 Å². The van der Waals surface area contributed by atoms with Gasteiger partial charge >= 0.3 is 0 Å². The van der Waals surface area contributed by atoms with Gasteiger partial charge in [0.15, 0.2) is 11.6 Å². The van der Waals surface area contributed by atoms with Gasteiger partial charge in [0.25, 0.3) is 0 Å². The van der Waals surface area contributed by atoms with Gasteiger partial charge < -0.3 is 4.74 Å². The monoisotopic (exact) mass is 934 g/mol. The van der Waals surface area contributed by atoms with Crippen LogP contribution < -0.4 is 4.74 Å². The Morgan fingerprint density at radius 2 is 0.329 bits per heavy atom. The molecule has 2 aliphatic carbocycles. The first kappa shape index (κ1) is 44.5. The van der Waals surface area contributed by atoms with Crippen LogP contribution in [0.15, 0.2) is 279 Å². The van der Waals surface area contributed by atoms with Crippen LogP contribution in [0.1, 0.15) is 44.5 Å². The van der Waals surface area contributed by atoms with Gasteiger partial charge in [-0.05, 0) is 91.0 Å². The second-order valence-electron chi connectivity index (χ2n) is 18.2. The fourth-order valence-corrected chi connectivity index (χ4v) is 10.3. The van der Waals surface area contributed by atoms with Gasteiger partial charge in [-0.3, -0.25) is 9.59 Å². The molecule has 0 N–H and O–H groups in total. The van der Waals surface area contributed by atoms with Gasteiger partial charge in [0.1, 0.15) is 11.5 Å². The summed E-state index contributed by atoms with van der Waals surface area (Å²) in [6.45, 7) is 0. The summed E-state index contributed by atoms with van der Waals surface area (Å²) in [5, 5.41) is 0. The molecular formula is C70H46O3. The van der Waals surface area contributed by atoms with Crippen LogP contribution in [0, 0.1) is 0 Å². The third-order valence-electron chi connectivity index (χ3n) is 13.7. The van der Waals surface area contributed by atoms with Gasteiger partial charge in [-0.15, -0.1) is 0 Å². The summed E-state index contributed by atoms with van der Waals surface area (Å²) in [5.74, 6) is 1.27. The molecule has 0 spiro atoms. The van der Waals surface area contributed by atoms with Crippen molar-refractivity contribution in [3.8, 4) is 33.8 Å². The van der Waals surface area contributed by atoms with Crippen molar-refractivity contribution in [2.45, 2.75) is 0 Å². The molecule has 12 rings (SSSR count). The number of ether oxygens (including phenoxy) is 1. The minimum Gasteiger partial charge on any atom is -0.457 e. The summed E-state index contributed by atoms with van der Waals surface area (Å²) < 4.78 is 6.60. The van der Waals surface area contributed by atoms with Crippen molar-refractivity contribution in [2.75, 3.05) is 0 Å². The Morgan fingerprint density at radius 3 is 0.589 bits per heavy atom. The predicted molar refractivity (Wildman–Crippen MR) is 300 cm³/mol. The molecule has 73 heavy (non-hydrogen) atoms. The Balaban J connectivity index is 0.915. The molecule has 3 heteroatoms. The van der Waals surface area contributed by atoms with Crippen molar-refractivity contribution in [3.05, 3.63) is 324 Å². The van der Waals surface area contributed by atoms with E-state index in [1.807, 2.05) is 182 Å². The lowest BCUT2D eigenvalue weighted by Crippen LogP contribution is -2.02. The Bertz CT molecular complexity index is 3780. The molecule has 0 saturated carbocycles. The molecule has 10 aromatic rings. The average molecular weight is 935 g/mol. The van der Waals surface area contributed by atoms with E-state index in [0.717, 1.165) is 89.1 Å². The van der Waals surface area contributed by atoms with Crippen molar-refractivity contribution in [2.24, 2.45) is 0 Å². The number of carbonyl (C=O) groups excluding carboxylic acids is 2. The molecule has 3 nitrogen and oxygen atoms in total. The average Bonchev–Trinajstić information content (AvgIpc) is 3.95. The molecule has 0 atom stereocenters. The van der Waals surface area contributed by atoms with Gasteiger partial charge in [0, 0.05) is 44.6 Å². The highest BCUT2D eigenvalue weighted by atomic mass is 16.5. The van der Waals surface area contributed by atoms with Crippen LogP contribution in [0.2, 0.25) is 0 Å². The highest BCUT2D eigenvalue weighted by Crippen LogP contribution is 2.52. The van der Waals surface area contributed by atoms with E-state index in [1.165, 1.54) is 0 Å². The quantitative estimate of drug-likeness (QED) is 0.123. The van der Waals surface area contributed by atoms with Crippen molar-refractivity contribution in [3.63, 3.8) is 0 Å². The smallest absolute Gasteiger partial charge is 0.195 e. The van der Waals surface area contributed by atoms with Crippen LogP contribution in [0.4, 0.5) is 0 Å². The van der Waals surface area contributed by atoms with Crippen LogP contribution in [0.3, 0.4) is 0 Å². The first-order valence-electron chi connectivity index (χ1n) is 24.6. The zero-order chi connectivity index (χ0) is 49.1. The maximum Gasteiger partial charge on any atom is 0.195 e. The van der Waals surface area contributed by atoms with E-state index in [-0.39, 0.29) is 11.6 Å². The molecule has 0 unspecified atom stereocenters. The van der Waals surface area contributed by atoms with Crippen LogP contribution in [0.5, 0.6) is 11.5 Å². The zero-order valence-corrected chi connectivity index (χ0v) is 39.8. The molecule has 0 aliphatic heterocycles. The van der Waals surface area contributed by atoms with E-state index in [9.17, 15) is 0 Å². The normalized spacial score (nSPS) is 13.6. The summed E-state index contributed by atoms with van der Waals surface area (Å²) in [6, 6.07) is 93.7. The molecule has 0 heterocycles. The summed E-state index contributed by atoms with van der Waals surface area (Å²) in [4.78, 5) is 30.1. The Hall–Kier alpha value is -9.70. The first-order chi connectivity index (χ1) is 36.1. The number of rotatable bonds is 12. The molecular weight excluding hydrogens is 889 g/mol. The maximum atomic E-state index is 15.1. The van der Waals surface area contributed by atoms with E-state index in [2.05, 4.69) is 97.1 Å². The van der Waals surface area contributed by atoms with Gasteiger partial charge in [-0.1, -0.05) is 255 Å². The minimum atomic E-state index is -0.0134. The number of hydrogen-bond acceptors (Lipinski definition) is 3. The van der Waals surface area contributed by atoms with Gasteiger partial charge in [0.2, 0.25) is 0 Å². The molecule has 0 fully saturated rings. The fourth-order valence-electron chi connectivity index (χ4n) is 10.3. The summed E-state index contributed by atoms with van der Waals surface area (Å²) in [6.07, 6.45) is 0. The Morgan fingerprint density at radius 1 is 0.164 bits per heavy atom. The van der Waals surface area contributed by atoms with E-state index in [4.69, 9.17) is 4.74 Å². The second kappa shape index (κ2) is 19.6. The van der Waals surface area contributed by atoms with Crippen LogP contribution in [0.25, 0.3) is 66.8 Å². The SMILES string of the molecule is O=C1C(c2ccc(-c3ccccc3)cc2)=C(c2ccccc2)C(c2ccc(Oc3ccc(C4=C(c5ccc(-c6ccccc6)cc5)C(=O)C(c5ccccc5)=C4c4ccccc4)cc3)cc2)=C1c1ccccc1. The van der Waals surface area contributed by atoms with Crippen molar-refractivity contribution >= 4 is 56.2 Å². The van der Waals surface area contributed by atoms with E-state index < -0.39 is 0 Å². The third kappa shape index (κ3) is 8.60. The van der Waals surface area contributed by atoms with Crippen LogP contribution in [-0.4, -0.2) is 11.6 Å². The molecule has 0 radical (unpaired) electrons. The largest absolute Gasteiger partial charge is 0.457 e. The van der Waals surface area contributed by atoms with Crippen molar-refractivity contribution in [1.82, 2.24) is 0 Å². The van der Waals surface area contributed by atoms with Crippen LogP contribution in [-0.2, 0) is 9.59 Å². The lowest BCUT2D eigenvalue weighted by atomic mass is 9.89. The predicted octanol–water partition coefficient (Wildman–Crippen LogP) is 17.0. The maximum absolute atomic E-state index is 15.1. The standard InChI is InChI=1S/C70H46O3/c71-69-65(53-27-15-5-16-28-53)61(51-23-11-3-12-24-51)64(68(69)58-37-33-50(34-38-58)48-21-9-2-10-22-48)56-41-45-60(46-42-56)73-59-43-39-55(40-44-59)63-62(52-25-13-4-14-26-52)67(70(72)66(63)54-29-17-6-18-30-54)57-35-31-49(32-36-57)47-19-7-1-8-20-47/h1-46H. The van der Waals surface area contributed by atoms with E-state index in [0.29, 0.717) is 33.8 Å². The summed E-state index contributed by atoms with van der Waals surface area (Å²) >= 11 is 0. The summed E-state index contributed by atoms with van der Waals surface area (Å²) in [7, 11) is 0. The molecule has 0 saturated heterocycles. The van der Waals surface area contributed by atoms with E-state index >= 15 is 9.59 Å². The number of Topliss-reactive ketones (excluding diaryl/α,β-unsaturated/α-hetero) is 2. The molecule has 344 valence electrons. The first-order valence-corrected chi connectivity index (χ1v) is 24.6. The minimum absolute atomic E-state index is 0.0132. The zero-order valence-electron chi connectivity index (χ0n) is 39.8. The number of carbonyl (C=O) groups is 2. The van der Waals surface area contributed by atoms with Gasteiger partial charge in [-0.2, -0.15) is 0 Å². The lowest BCUT2D eigenvalue weighted by Gasteiger charge is -2.15. The summed E-state index contributed by atoms with van der Waals surface area (Å²) in [5.41, 5.74) is 17.8. The lowest BCUT2D eigenvalue weighted by molar-refractivity contribution is -0.109. The van der Waals surface area contributed by atoms with Gasteiger partial charge in [0.05, 0.1) is 0 Å². The highest BCUT2D eigenvalue weighted by Gasteiger charge is 2.37. The Labute approximate surface area is 425 Å². The highest BCUT2D eigenvalue weighted by molar-refractivity contribution is 6.60. The van der Waals surface area contributed by atoms with Crippen molar-refractivity contribution < 1.29 is 14.3 Å². The molecule has 0 aromatic heterocycles. The number of allylic oxidation sites excluding steroid dienone is 8. The third-order valence-corrected chi connectivity index (χ3v) is 13.7. The molecule has 0 amide bonds. The number of hydrogen-bond donors (Lipinski definition) is 0. The second-order valence-corrected chi connectivity index (χ2v) is 18.2.